The number of piperidine rings is 1. The maximum atomic E-state index is 3.79. The van der Waals surface area contributed by atoms with Gasteiger partial charge in [-0.2, -0.15) is 0 Å². The van der Waals surface area contributed by atoms with Crippen molar-refractivity contribution in [2.75, 3.05) is 26.2 Å². The van der Waals surface area contributed by atoms with Crippen LogP contribution in [0.3, 0.4) is 0 Å². The van der Waals surface area contributed by atoms with Crippen LogP contribution in [0.25, 0.3) is 0 Å². The quantitative estimate of drug-likeness (QED) is 0.755. The summed E-state index contributed by atoms with van der Waals surface area (Å²) in [6, 6.07) is 0.806. The van der Waals surface area contributed by atoms with Crippen molar-refractivity contribution in [3.05, 3.63) is 0 Å². The molecule has 0 spiro atoms. The van der Waals surface area contributed by atoms with Crippen LogP contribution in [-0.2, 0) is 0 Å². The van der Waals surface area contributed by atoms with Gasteiger partial charge < -0.3 is 10.2 Å². The van der Waals surface area contributed by atoms with E-state index in [1.807, 2.05) is 0 Å². The highest BCUT2D eigenvalue weighted by Crippen LogP contribution is 2.23. The minimum Gasteiger partial charge on any atom is -0.314 e. The second-order valence-electron chi connectivity index (χ2n) is 6.70. The first-order valence-corrected chi connectivity index (χ1v) is 8.21. The third-order valence-electron chi connectivity index (χ3n) is 5.05. The number of nitrogens with one attached hydrogen (secondary N) is 1. The Balaban J connectivity index is 1.53. The number of hydrogen-bond acceptors (Lipinski definition) is 2. The summed E-state index contributed by atoms with van der Waals surface area (Å²) in [5, 5.41) is 3.79. The van der Waals surface area contributed by atoms with Gasteiger partial charge in [0, 0.05) is 6.04 Å². The van der Waals surface area contributed by atoms with Gasteiger partial charge in [0.2, 0.25) is 0 Å². The van der Waals surface area contributed by atoms with Gasteiger partial charge in [-0.3, -0.25) is 0 Å². The summed E-state index contributed by atoms with van der Waals surface area (Å²) in [4.78, 5) is 2.66. The van der Waals surface area contributed by atoms with Crippen LogP contribution in [0.2, 0.25) is 0 Å². The zero-order valence-corrected chi connectivity index (χ0v) is 12.5. The standard InChI is InChI=1S/C16H32N2/c1-14-8-12-18(13-9-14)11-5-10-17-16-7-4-3-6-15(16)2/h14-17H,3-13H2,1-2H3. The minimum absolute atomic E-state index is 0.806. The van der Waals surface area contributed by atoms with Gasteiger partial charge >= 0.3 is 0 Å². The SMILES string of the molecule is CC1CCN(CCCNC2CCCCC2C)CC1. The highest BCUT2D eigenvalue weighted by atomic mass is 15.1. The second-order valence-corrected chi connectivity index (χ2v) is 6.70. The Bertz CT molecular complexity index is 221. The molecule has 2 nitrogen and oxygen atoms in total. The number of nitrogens with zero attached hydrogens (tertiary/aromatic N) is 1. The van der Waals surface area contributed by atoms with E-state index in [0.29, 0.717) is 0 Å². The fourth-order valence-corrected chi connectivity index (χ4v) is 3.50. The van der Waals surface area contributed by atoms with E-state index in [9.17, 15) is 0 Å². The molecular weight excluding hydrogens is 220 g/mol. The Morgan fingerprint density at radius 2 is 1.72 bits per heavy atom. The van der Waals surface area contributed by atoms with Crippen molar-refractivity contribution in [3.63, 3.8) is 0 Å². The molecule has 0 amide bonds. The van der Waals surface area contributed by atoms with Crippen LogP contribution in [0.1, 0.15) is 58.8 Å². The van der Waals surface area contributed by atoms with Crippen LogP contribution < -0.4 is 5.32 Å². The van der Waals surface area contributed by atoms with Crippen LogP contribution in [0.4, 0.5) is 0 Å². The average molecular weight is 252 g/mol. The second kappa shape index (κ2) is 7.49. The fourth-order valence-electron chi connectivity index (χ4n) is 3.50. The van der Waals surface area contributed by atoms with Crippen molar-refractivity contribution in [3.8, 4) is 0 Å². The topological polar surface area (TPSA) is 15.3 Å². The molecule has 0 radical (unpaired) electrons. The smallest absolute Gasteiger partial charge is 0.00926 e. The summed E-state index contributed by atoms with van der Waals surface area (Å²) in [7, 11) is 0. The zero-order valence-electron chi connectivity index (χ0n) is 12.5. The highest BCUT2D eigenvalue weighted by Gasteiger charge is 2.20. The van der Waals surface area contributed by atoms with Crippen molar-refractivity contribution in [2.45, 2.75) is 64.8 Å². The van der Waals surface area contributed by atoms with E-state index < -0.39 is 0 Å². The zero-order chi connectivity index (χ0) is 12.8. The molecular formula is C16H32N2. The highest BCUT2D eigenvalue weighted by molar-refractivity contribution is 4.78. The molecule has 1 saturated carbocycles. The third-order valence-corrected chi connectivity index (χ3v) is 5.05. The van der Waals surface area contributed by atoms with Crippen molar-refractivity contribution in [1.29, 1.82) is 0 Å². The lowest BCUT2D eigenvalue weighted by molar-refractivity contribution is 0.187. The molecule has 0 aromatic rings. The first-order valence-electron chi connectivity index (χ1n) is 8.21. The molecule has 1 saturated heterocycles. The third kappa shape index (κ3) is 4.55. The Morgan fingerprint density at radius 3 is 2.44 bits per heavy atom. The monoisotopic (exact) mass is 252 g/mol. The van der Waals surface area contributed by atoms with Gasteiger partial charge in [0.25, 0.3) is 0 Å². The van der Waals surface area contributed by atoms with E-state index >= 15 is 0 Å². The molecule has 0 aromatic heterocycles. The van der Waals surface area contributed by atoms with E-state index in [0.717, 1.165) is 17.9 Å². The Morgan fingerprint density at radius 1 is 1.00 bits per heavy atom. The van der Waals surface area contributed by atoms with Crippen molar-refractivity contribution >= 4 is 0 Å². The summed E-state index contributed by atoms with van der Waals surface area (Å²) >= 11 is 0. The van der Waals surface area contributed by atoms with E-state index in [-0.39, 0.29) is 0 Å². The molecule has 1 heterocycles. The van der Waals surface area contributed by atoms with E-state index in [2.05, 4.69) is 24.1 Å². The van der Waals surface area contributed by atoms with Gasteiger partial charge in [-0.05, 0) is 70.1 Å². The van der Waals surface area contributed by atoms with Crippen LogP contribution >= 0.6 is 0 Å². The molecule has 0 bridgehead atoms. The maximum Gasteiger partial charge on any atom is 0.00926 e. The van der Waals surface area contributed by atoms with Crippen LogP contribution in [0.15, 0.2) is 0 Å². The Hall–Kier alpha value is -0.0800. The van der Waals surface area contributed by atoms with Gasteiger partial charge in [0.1, 0.15) is 0 Å². The number of likely N-dealkylation sites (tertiary alicyclic amines) is 1. The largest absolute Gasteiger partial charge is 0.314 e. The molecule has 106 valence electrons. The average Bonchev–Trinajstić information content (AvgIpc) is 2.39. The number of hydrogen-bond donors (Lipinski definition) is 1. The molecule has 2 unspecified atom stereocenters. The Kier molecular flexibility index (Phi) is 5.97. The van der Waals surface area contributed by atoms with Crippen molar-refractivity contribution < 1.29 is 0 Å². The van der Waals surface area contributed by atoms with Crippen molar-refractivity contribution in [1.82, 2.24) is 10.2 Å². The predicted octanol–water partition coefficient (Wildman–Crippen LogP) is 3.28. The van der Waals surface area contributed by atoms with Crippen molar-refractivity contribution in [2.24, 2.45) is 11.8 Å². The van der Waals surface area contributed by atoms with Crippen LogP contribution in [0.5, 0.6) is 0 Å². The summed E-state index contributed by atoms with van der Waals surface area (Å²) in [6.45, 7) is 10.0. The minimum atomic E-state index is 0.806. The summed E-state index contributed by atoms with van der Waals surface area (Å²) in [5.41, 5.74) is 0. The molecule has 1 aliphatic carbocycles. The normalized spacial score (nSPS) is 31.7. The lowest BCUT2D eigenvalue weighted by Crippen LogP contribution is -2.39. The molecule has 2 atom stereocenters. The van der Waals surface area contributed by atoms with E-state index in [4.69, 9.17) is 0 Å². The molecule has 18 heavy (non-hydrogen) atoms. The summed E-state index contributed by atoms with van der Waals surface area (Å²) < 4.78 is 0. The molecule has 0 aromatic carbocycles. The van der Waals surface area contributed by atoms with Gasteiger partial charge in [-0.25, -0.2) is 0 Å². The summed E-state index contributed by atoms with van der Waals surface area (Å²) in [6.07, 6.45) is 9.87. The molecule has 1 aliphatic heterocycles. The summed E-state index contributed by atoms with van der Waals surface area (Å²) in [5.74, 6) is 1.86. The number of rotatable bonds is 5. The van der Waals surface area contributed by atoms with Crippen LogP contribution in [-0.4, -0.2) is 37.1 Å². The fraction of sp³-hybridized carbons (Fsp3) is 1.00. The maximum absolute atomic E-state index is 3.79. The molecule has 2 aliphatic rings. The van der Waals surface area contributed by atoms with E-state index in [1.54, 1.807) is 0 Å². The molecule has 2 heteroatoms. The lowest BCUT2D eigenvalue weighted by atomic mass is 9.86. The van der Waals surface area contributed by atoms with Gasteiger partial charge in [-0.15, -0.1) is 0 Å². The van der Waals surface area contributed by atoms with Gasteiger partial charge in [0.15, 0.2) is 0 Å². The first-order chi connectivity index (χ1) is 8.75. The van der Waals surface area contributed by atoms with Crippen LogP contribution in [0, 0.1) is 11.8 Å². The predicted molar refractivity (Wildman–Crippen MR) is 78.9 cm³/mol. The van der Waals surface area contributed by atoms with E-state index in [1.165, 1.54) is 71.1 Å². The lowest BCUT2D eigenvalue weighted by Gasteiger charge is -2.32. The molecule has 1 N–H and O–H groups in total. The van der Waals surface area contributed by atoms with Gasteiger partial charge in [-0.1, -0.05) is 26.7 Å². The molecule has 2 rings (SSSR count). The molecule has 2 fully saturated rings. The Labute approximate surface area is 114 Å². The first kappa shape index (κ1) is 14.3. The van der Waals surface area contributed by atoms with Gasteiger partial charge in [0.05, 0.1) is 0 Å².